The summed E-state index contributed by atoms with van der Waals surface area (Å²) in [5, 5.41) is 0. The molecular weight excluding hydrogens is 234 g/mol. The lowest BCUT2D eigenvalue weighted by Crippen LogP contribution is -2.52. The monoisotopic (exact) mass is 261 g/mol. The second-order valence-electron chi connectivity index (χ2n) is 6.19. The molecule has 1 aliphatic carbocycles. The van der Waals surface area contributed by atoms with Gasteiger partial charge in [0.05, 0.1) is 0 Å². The van der Waals surface area contributed by atoms with Crippen LogP contribution in [0.5, 0.6) is 0 Å². The third-order valence-corrected chi connectivity index (χ3v) is 4.69. The second kappa shape index (κ2) is 6.02. The van der Waals surface area contributed by atoms with Gasteiger partial charge in [-0.1, -0.05) is 31.7 Å². The Morgan fingerprint density at radius 1 is 1.16 bits per heavy atom. The minimum atomic E-state index is 0.0491. The lowest BCUT2D eigenvalue weighted by atomic mass is 9.79. The van der Waals surface area contributed by atoms with E-state index < -0.39 is 0 Å². The van der Waals surface area contributed by atoms with Crippen molar-refractivity contribution in [2.75, 3.05) is 14.1 Å². The first-order valence-corrected chi connectivity index (χ1v) is 7.41. The van der Waals surface area contributed by atoms with Crippen molar-refractivity contribution in [2.24, 2.45) is 5.73 Å². The van der Waals surface area contributed by atoms with Crippen LogP contribution in [0.3, 0.4) is 0 Å². The van der Waals surface area contributed by atoms with Crippen molar-refractivity contribution in [1.29, 1.82) is 0 Å². The summed E-state index contributed by atoms with van der Waals surface area (Å²) in [5.41, 5.74) is 9.12. The maximum Gasteiger partial charge on any atom is 0.0497 e. The van der Waals surface area contributed by atoms with Crippen molar-refractivity contribution in [3.63, 3.8) is 0 Å². The van der Waals surface area contributed by atoms with Crippen LogP contribution in [0.15, 0.2) is 18.5 Å². The van der Waals surface area contributed by atoms with E-state index >= 15 is 0 Å². The molecule has 0 aliphatic heterocycles. The Kier molecular flexibility index (Phi) is 4.58. The second-order valence-corrected chi connectivity index (χ2v) is 6.19. The van der Waals surface area contributed by atoms with Crippen LogP contribution < -0.4 is 5.73 Å². The Bertz CT molecular complexity index is 406. The van der Waals surface area contributed by atoms with E-state index in [-0.39, 0.29) is 11.6 Å². The molecule has 0 bridgehead atoms. The Morgan fingerprint density at radius 3 is 2.32 bits per heavy atom. The Labute approximate surface area is 117 Å². The van der Waals surface area contributed by atoms with Gasteiger partial charge in [0.25, 0.3) is 0 Å². The molecule has 1 atom stereocenters. The number of nitrogens with two attached hydrogens (primary N) is 1. The summed E-state index contributed by atoms with van der Waals surface area (Å²) < 4.78 is 0. The minimum absolute atomic E-state index is 0.0491. The number of pyridine rings is 1. The van der Waals surface area contributed by atoms with Crippen LogP contribution in [0.4, 0.5) is 0 Å². The molecule has 0 spiro atoms. The number of aromatic nitrogens is 1. The lowest BCUT2D eigenvalue weighted by Gasteiger charge is -2.44. The van der Waals surface area contributed by atoms with E-state index in [9.17, 15) is 0 Å². The highest BCUT2D eigenvalue weighted by atomic mass is 15.2. The molecule has 1 unspecified atom stereocenters. The average Bonchev–Trinajstić information content (AvgIpc) is 2.64. The number of likely N-dealkylation sites (N-methyl/N-ethyl adjacent to an activating group) is 1. The van der Waals surface area contributed by atoms with Gasteiger partial charge in [-0.2, -0.15) is 0 Å². The zero-order valence-corrected chi connectivity index (χ0v) is 12.5. The summed E-state index contributed by atoms with van der Waals surface area (Å²) in [6.45, 7) is 2.08. The molecule has 0 amide bonds. The molecule has 3 nitrogen and oxygen atoms in total. The molecule has 0 radical (unpaired) electrons. The molecule has 2 rings (SSSR count). The first-order chi connectivity index (χ1) is 9.06. The van der Waals surface area contributed by atoms with E-state index in [1.54, 1.807) is 0 Å². The molecular formula is C16H27N3. The molecule has 1 aromatic heterocycles. The van der Waals surface area contributed by atoms with Gasteiger partial charge >= 0.3 is 0 Å². The van der Waals surface area contributed by atoms with Gasteiger partial charge in [0.1, 0.15) is 0 Å². The molecule has 1 saturated carbocycles. The van der Waals surface area contributed by atoms with Crippen molar-refractivity contribution >= 4 is 0 Å². The lowest BCUT2D eigenvalue weighted by molar-refractivity contribution is 0.0967. The summed E-state index contributed by atoms with van der Waals surface area (Å²) in [7, 11) is 4.35. The fourth-order valence-electron chi connectivity index (χ4n) is 3.44. The van der Waals surface area contributed by atoms with E-state index in [2.05, 4.69) is 37.0 Å². The minimum Gasteiger partial charge on any atom is -0.322 e. The Hall–Kier alpha value is -0.930. The highest BCUT2D eigenvalue weighted by molar-refractivity contribution is 5.24. The van der Waals surface area contributed by atoms with Gasteiger partial charge in [-0.15, -0.1) is 0 Å². The zero-order valence-electron chi connectivity index (χ0n) is 12.5. The van der Waals surface area contributed by atoms with Crippen molar-refractivity contribution in [1.82, 2.24) is 9.88 Å². The Balaban J connectivity index is 2.32. The highest BCUT2D eigenvalue weighted by Crippen LogP contribution is 2.39. The molecule has 19 heavy (non-hydrogen) atoms. The number of hydrogen-bond acceptors (Lipinski definition) is 3. The van der Waals surface area contributed by atoms with E-state index in [1.165, 1.54) is 49.7 Å². The normalized spacial score (nSPS) is 21.1. The van der Waals surface area contributed by atoms with Crippen LogP contribution in [0.2, 0.25) is 0 Å². The largest absolute Gasteiger partial charge is 0.322 e. The van der Waals surface area contributed by atoms with Gasteiger partial charge in [0.15, 0.2) is 0 Å². The van der Waals surface area contributed by atoms with Crippen LogP contribution in [-0.4, -0.2) is 29.5 Å². The molecule has 0 saturated heterocycles. The van der Waals surface area contributed by atoms with Crippen LogP contribution >= 0.6 is 0 Å². The predicted octanol–water partition coefficient (Wildman–Crippen LogP) is 3.04. The maximum absolute atomic E-state index is 6.66. The SMILES string of the molecule is Cc1cncc(C(N)C2(N(C)C)CCCCCC2)c1. The highest BCUT2D eigenvalue weighted by Gasteiger charge is 2.39. The standard InChI is InChI=1S/C16H27N3/c1-13-10-14(12-18-11-13)15(17)16(19(2)3)8-6-4-5-7-9-16/h10-12,15H,4-9,17H2,1-3H3. The molecule has 1 fully saturated rings. The van der Waals surface area contributed by atoms with E-state index in [1.807, 2.05) is 12.4 Å². The van der Waals surface area contributed by atoms with Crippen molar-refractivity contribution < 1.29 is 0 Å². The quantitative estimate of drug-likeness (QED) is 0.850. The molecule has 3 heteroatoms. The summed E-state index contributed by atoms with van der Waals surface area (Å²) in [5.74, 6) is 0. The average molecular weight is 261 g/mol. The van der Waals surface area contributed by atoms with Gasteiger partial charge in [-0.05, 0) is 45.0 Å². The van der Waals surface area contributed by atoms with E-state index in [0.29, 0.717) is 0 Å². The number of rotatable bonds is 3. The number of nitrogens with zero attached hydrogens (tertiary/aromatic N) is 2. The van der Waals surface area contributed by atoms with Gasteiger partial charge in [0, 0.05) is 24.0 Å². The number of aryl methyl sites for hydroxylation is 1. The van der Waals surface area contributed by atoms with Crippen molar-refractivity contribution in [2.45, 2.75) is 57.0 Å². The van der Waals surface area contributed by atoms with Crippen LogP contribution in [0.25, 0.3) is 0 Å². The zero-order chi connectivity index (χ0) is 13.9. The third-order valence-electron chi connectivity index (χ3n) is 4.69. The van der Waals surface area contributed by atoms with Gasteiger partial charge < -0.3 is 10.6 Å². The van der Waals surface area contributed by atoms with Crippen molar-refractivity contribution in [3.05, 3.63) is 29.6 Å². The smallest absolute Gasteiger partial charge is 0.0497 e. The van der Waals surface area contributed by atoms with Gasteiger partial charge in [-0.3, -0.25) is 4.98 Å². The Morgan fingerprint density at radius 2 is 1.79 bits per heavy atom. The summed E-state index contributed by atoms with van der Waals surface area (Å²) in [4.78, 5) is 6.67. The maximum atomic E-state index is 6.66. The first-order valence-electron chi connectivity index (χ1n) is 7.41. The predicted molar refractivity (Wildman–Crippen MR) is 80.0 cm³/mol. The van der Waals surface area contributed by atoms with E-state index in [4.69, 9.17) is 5.73 Å². The van der Waals surface area contributed by atoms with Crippen LogP contribution in [0.1, 0.15) is 55.7 Å². The van der Waals surface area contributed by atoms with Crippen LogP contribution in [-0.2, 0) is 0 Å². The molecule has 1 aliphatic rings. The van der Waals surface area contributed by atoms with Crippen molar-refractivity contribution in [3.8, 4) is 0 Å². The first kappa shape index (κ1) is 14.5. The van der Waals surface area contributed by atoms with E-state index in [0.717, 1.165) is 0 Å². The molecule has 1 heterocycles. The fraction of sp³-hybridized carbons (Fsp3) is 0.688. The van der Waals surface area contributed by atoms with Gasteiger partial charge in [0.2, 0.25) is 0 Å². The summed E-state index contributed by atoms with van der Waals surface area (Å²) >= 11 is 0. The molecule has 1 aromatic rings. The fourth-order valence-corrected chi connectivity index (χ4v) is 3.44. The van der Waals surface area contributed by atoms with Gasteiger partial charge in [-0.25, -0.2) is 0 Å². The molecule has 2 N–H and O–H groups in total. The third kappa shape index (κ3) is 2.98. The summed E-state index contributed by atoms with van der Waals surface area (Å²) in [6.07, 6.45) is 11.5. The molecule has 106 valence electrons. The van der Waals surface area contributed by atoms with Crippen LogP contribution in [0, 0.1) is 6.92 Å². The molecule has 0 aromatic carbocycles. The number of hydrogen-bond donors (Lipinski definition) is 1. The summed E-state index contributed by atoms with van der Waals surface area (Å²) in [6, 6.07) is 2.24. The topological polar surface area (TPSA) is 42.1 Å².